The Hall–Kier alpha value is -1.48. The van der Waals surface area contributed by atoms with E-state index in [2.05, 4.69) is 0 Å². The van der Waals surface area contributed by atoms with Crippen LogP contribution in [0.2, 0.25) is 0 Å². The molecule has 0 aromatic carbocycles. The largest absolute Gasteiger partial charge is 0.467 e. The number of hydrogen-bond donors (Lipinski definition) is 0. The van der Waals surface area contributed by atoms with E-state index in [0.717, 1.165) is 36.7 Å². The molecule has 16 heavy (non-hydrogen) atoms. The third kappa shape index (κ3) is 3.28. The minimum atomic E-state index is 0.546. The Balaban J connectivity index is 1.59. The summed E-state index contributed by atoms with van der Waals surface area (Å²) in [5.41, 5.74) is 0. The van der Waals surface area contributed by atoms with Gasteiger partial charge in [0.25, 0.3) is 0 Å². The van der Waals surface area contributed by atoms with E-state index in [4.69, 9.17) is 13.6 Å². The zero-order valence-corrected chi connectivity index (χ0v) is 9.44. The summed E-state index contributed by atoms with van der Waals surface area (Å²) >= 11 is 0. The van der Waals surface area contributed by atoms with Crippen molar-refractivity contribution in [2.75, 3.05) is 6.61 Å². The summed E-state index contributed by atoms with van der Waals surface area (Å²) in [6.45, 7) is 3.22. The molecule has 86 valence electrons. The van der Waals surface area contributed by atoms with Crippen molar-refractivity contribution in [3.8, 4) is 0 Å². The van der Waals surface area contributed by atoms with Gasteiger partial charge in [0.1, 0.15) is 23.9 Å². The smallest absolute Gasteiger partial charge is 0.129 e. The first-order chi connectivity index (χ1) is 7.84. The normalized spacial score (nSPS) is 10.8. The van der Waals surface area contributed by atoms with Gasteiger partial charge in [-0.3, -0.25) is 0 Å². The molecule has 0 fully saturated rings. The van der Waals surface area contributed by atoms with Crippen molar-refractivity contribution in [1.82, 2.24) is 0 Å². The summed E-state index contributed by atoms with van der Waals surface area (Å²) in [6, 6.07) is 7.78. The molecular weight excluding hydrogens is 204 g/mol. The molecule has 0 spiro atoms. The van der Waals surface area contributed by atoms with E-state index in [-0.39, 0.29) is 0 Å². The van der Waals surface area contributed by atoms with Crippen LogP contribution >= 0.6 is 0 Å². The van der Waals surface area contributed by atoms with E-state index in [9.17, 15) is 0 Å². The lowest BCUT2D eigenvalue weighted by atomic mass is 10.2. The summed E-state index contributed by atoms with van der Waals surface area (Å²) in [6.07, 6.45) is 3.55. The molecule has 0 amide bonds. The van der Waals surface area contributed by atoms with Crippen LogP contribution in [-0.4, -0.2) is 6.61 Å². The van der Waals surface area contributed by atoms with Crippen LogP contribution in [0.5, 0.6) is 0 Å². The summed E-state index contributed by atoms with van der Waals surface area (Å²) in [7, 11) is 0. The van der Waals surface area contributed by atoms with Crippen molar-refractivity contribution in [2.24, 2.45) is 0 Å². The second-order valence-electron chi connectivity index (χ2n) is 3.75. The third-order valence-corrected chi connectivity index (χ3v) is 2.33. The van der Waals surface area contributed by atoms with Gasteiger partial charge < -0.3 is 13.6 Å². The van der Waals surface area contributed by atoms with Gasteiger partial charge in [0.2, 0.25) is 0 Å². The van der Waals surface area contributed by atoms with Crippen LogP contribution in [0.3, 0.4) is 0 Å². The minimum Gasteiger partial charge on any atom is -0.467 e. The van der Waals surface area contributed by atoms with E-state index in [0.29, 0.717) is 6.61 Å². The molecular formula is C13H16O3. The molecule has 0 aliphatic carbocycles. The van der Waals surface area contributed by atoms with E-state index in [1.807, 2.05) is 31.2 Å². The molecule has 0 radical (unpaired) electrons. The predicted octanol–water partition coefficient (Wildman–Crippen LogP) is 3.33. The highest BCUT2D eigenvalue weighted by atomic mass is 16.5. The average molecular weight is 220 g/mol. The number of ether oxygens (including phenoxy) is 1. The molecule has 0 saturated heterocycles. The standard InChI is InChI=1S/C13H16O3/c1-11-6-7-12(16-11)4-2-8-14-10-13-5-3-9-15-13/h3,5-7,9H,2,4,8,10H2,1H3. The Bertz CT molecular complexity index is 400. The first-order valence-corrected chi connectivity index (χ1v) is 5.50. The summed E-state index contributed by atoms with van der Waals surface area (Å²) in [4.78, 5) is 0. The molecule has 3 nitrogen and oxygen atoms in total. The van der Waals surface area contributed by atoms with Gasteiger partial charge in [-0.2, -0.15) is 0 Å². The maximum atomic E-state index is 5.47. The van der Waals surface area contributed by atoms with Crippen molar-refractivity contribution >= 4 is 0 Å². The Kier molecular flexibility index (Phi) is 3.83. The lowest BCUT2D eigenvalue weighted by molar-refractivity contribution is 0.103. The van der Waals surface area contributed by atoms with Gasteiger partial charge in [0, 0.05) is 13.0 Å². The van der Waals surface area contributed by atoms with E-state index in [1.54, 1.807) is 6.26 Å². The fourth-order valence-electron chi connectivity index (χ4n) is 1.54. The number of aryl methyl sites for hydroxylation is 2. The first kappa shape index (κ1) is 11.0. The second-order valence-corrected chi connectivity index (χ2v) is 3.75. The van der Waals surface area contributed by atoms with Crippen molar-refractivity contribution in [3.05, 3.63) is 47.8 Å². The van der Waals surface area contributed by atoms with Gasteiger partial charge >= 0.3 is 0 Å². The van der Waals surface area contributed by atoms with Crippen molar-refractivity contribution in [3.63, 3.8) is 0 Å². The maximum absolute atomic E-state index is 5.47. The van der Waals surface area contributed by atoms with Crippen LogP contribution in [0.25, 0.3) is 0 Å². The average Bonchev–Trinajstić information content (AvgIpc) is 2.89. The zero-order chi connectivity index (χ0) is 11.2. The number of hydrogen-bond acceptors (Lipinski definition) is 3. The maximum Gasteiger partial charge on any atom is 0.129 e. The van der Waals surface area contributed by atoms with Crippen LogP contribution in [0.4, 0.5) is 0 Å². The van der Waals surface area contributed by atoms with E-state index in [1.165, 1.54) is 0 Å². The van der Waals surface area contributed by atoms with Gasteiger partial charge in [-0.15, -0.1) is 0 Å². The summed E-state index contributed by atoms with van der Waals surface area (Å²) in [5.74, 6) is 2.86. The molecule has 0 N–H and O–H groups in total. The molecule has 0 aliphatic heterocycles. The monoisotopic (exact) mass is 220 g/mol. The first-order valence-electron chi connectivity index (χ1n) is 5.50. The van der Waals surface area contributed by atoms with Crippen molar-refractivity contribution in [1.29, 1.82) is 0 Å². The van der Waals surface area contributed by atoms with Crippen LogP contribution in [0.15, 0.2) is 39.4 Å². The molecule has 0 saturated carbocycles. The Labute approximate surface area is 95.0 Å². The molecule has 0 unspecified atom stereocenters. The van der Waals surface area contributed by atoms with Crippen molar-refractivity contribution < 1.29 is 13.6 Å². The zero-order valence-electron chi connectivity index (χ0n) is 9.44. The van der Waals surface area contributed by atoms with E-state index < -0.39 is 0 Å². The van der Waals surface area contributed by atoms with E-state index >= 15 is 0 Å². The molecule has 0 bridgehead atoms. The van der Waals surface area contributed by atoms with Crippen LogP contribution < -0.4 is 0 Å². The lowest BCUT2D eigenvalue weighted by Gasteiger charge is -2.00. The fraction of sp³-hybridized carbons (Fsp3) is 0.385. The predicted molar refractivity (Wildman–Crippen MR) is 60.1 cm³/mol. The Morgan fingerprint density at radius 2 is 2.12 bits per heavy atom. The molecule has 2 aromatic rings. The Morgan fingerprint density at radius 1 is 1.19 bits per heavy atom. The van der Waals surface area contributed by atoms with Gasteiger partial charge in [0.05, 0.1) is 6.26 Å². The topological polar surface area (TPSA) is 35.5 Å². The number of rotatable bonds is 6. The molecule has 2 aromatic heterocycles. The summed E-state index contributed by atoms with van der Waals surface area (Å²) in [5, 5.41) is 0. The fourth-order valence-corrected chi connectivity index (χ4v) is 1.54. The van der Waals surface area contributed by atoms with Gasteiger partial charge in [-0.25, -0.2) is 0 Å². The highest BCUT2D eigenvalue weighted by Crippen LogP contribution is 2.09. The summed E-state index contributed by atoms with van der Waals surface area (Å²) < 4.78 is 16.1. The van der Waals surface area contributed by atoms with Gasteiger partial charge in [-0.05, 0) is 37.6 Å². The van der Waals surface area contributed by atoms with Crippen molar-refractivity contribution in [2.45, 2.75) is 26.4 Å². The van der Waals surface area contributed by atoms with Gasteiger partial charge in [0.15, 0.2) is 0 Å². The molecule has 2 heterocycles. The lowest BCUT2D eigenvalue weighted by Crippen LogP contribution is -1.96. The molecule has 2 rings (SSSR count). The third-order valence-electron chi connectivity index (χ3n) is 2.33. The van der Waals surface area contributed by atoms with Crippen LogP contribution in [-0.2, 0) is 17.8 Å². The minimum absolute atomic E-state index is 0.546. The highest BCUT2D eigenvalue weighted by Gasteiger charge is 1.99. The Morgan fingerprint density at radius 3 is 2.81 bits per heavy atom. The number of furan rings is 2. The quantitative estimate of drug-likeness (QED) is 0.700. The van der Waals surface area contributed by atoms with Gasteiger partial charge in [-0.1, -0.05) is 0 Å². The highest BCUT2D eigenvalue weighted by molar-refractivity contribution is 5.05. The second kappa shape index (κ2) is 5.56. The molecule has 0 aliphatic rings. The van der Waals surface area contributed by atoms with Crippen LogP contribution in [0, 0.1) is 6.92 Å². The molecule has 3 heteroatoms. The SMILES string of the molecule is Cc1ccc(CCCOCc2ccco2)o1. The molecule has 0 atom stereocenters. The van der Waals surface area contributed by atoms with Crippen LogP contribution in [0.1, 0.15) is 23.7 Å².